The van der Waals surface area contributed by atoms with Gasteiger partial charge in [-0.25, -0.2) is 4.98 Å². The molecular formula is C25H30ClNO7S. The highest BCUT2D eigenvalue weighted by molar-refractivity contribution is 7.15. The monoisotopic (exact) mass is 523 g/mol. The average Bonchev–Trinajstić information content (AvgIpc) is 3.55. The van der Waals surface area contributed by atoms with E-state index in [0.717, 1.165) is 40.3 Å². The highest BCUT2D eigenvalue weighted by Gasteiger charge is 2.45. The second-order valence-electron chi connectivity index (χ2n) is 8.59. The zero-order valence-electron chi connectivity index (χ0n) is 19.3. The van der Waals surface area contributed by atoms with Gasteiger partial charge in [-0.15, -0.1) is 11.3 Å². The SMILES string of the molecule is CCCCCOc1cc(Cl)c(Cc2ncc(-c3ccoc3)s2)cc1[C@@H]1O[C@H](CO)[C@@H](O)[C@H](O)[C@H]1O. The Morgan fingerprint density at radius 3 is 2.69 bits per heavy atom. The molecule has 1 aliphatic heterocycles. The molecule has 10 heteroatoms. The van der Waals surface area contributed by atoms with E-state index in [4.69, 9.17) is 25.5 Å². The molecule has 35 heavy (non-hydrogen) atoms. The van der Waals surface area contributed by atoms with Crippen molar-refractivity contribution in [2.75, 3.05) is 13.2 Å². The number of aliphatic hydroxyl groups excluding tert-OH is 4. The Balaban J connectivity index is 1.65. The van der Waals surface area contributed by atoms with Crippen molar-refractivity contribution in [1.29, 1.82) is 0 Å². The van der Waals surface area contributed by atoms with Crippen LogP contribution in [0.25, 0.3) is 10.4 Å². The van der Waals surface area contributed by atoms with E-state index in [-0.39, 0.29) is 0 Å². The summed E-state index contributed by atoms with van der Waals surface area (Å²) in [6.45, 7) is 2.04. The third-order valence-electron chi connectivity index (χ3n) is 6.08. The van der Waals surface area contributed by atoms with E-state index in [2.05, 4.69) is 11.9 Å². The summed E-state index contributed by atoms with van der Waals surface area (Å²) in [6, 6.07) is 5.33. The molecule has 0 unspecified atom stereocenters. The average molecular weight is 524 g/mol. The van der Waals surface area contributed by atoms with Gasteiger partial charge in [-0.3, -0.25) is 0 Å². The number of thiazole rings is 1. The van der Waals surface area contributed by atoms with E-state index in [1.165, 1.54) is 11.3 Å². The highest BCUT2D eigenvalue weighted by atomic mass is 35.5. The molecule has 1 aromatic carbocycles. The lowest BCUT2D eigenvalue weighted by Gasteiger charge is -2.40. The largest absolute Gasteiger partial charge is 0.493 e. The van der Waals surface area contributed by atoms with Crippen molar-refractivity contribution in [1.82, 2.24) is 4.98 Å². The summed E-state index contributed by atoms with van der Waals surface area (Å²) in [5.41, 5.74) is 2.18. The number of rotatable bonds is 10. The van der Waals surface area contributed by atoms with Crippen LogP contribution in [0.2, 0.25) is 5.02 Å². The van der Waals surface area contributed by atoms with Crippen LogP contribution >= 0.6 is 22.9 Å². The van der Waals surface area contributed by atoms with Gasteiger partial charge in [0.2, 0.25) is 0 Å². The molecule has 0 aliphatic carbocycles. The number of aliphatic hydroxyl groups is 4. The number of hydrogen-bond acceptors (Lipinski definition) is 9. The summed E-state index contributed by atoms with van der Waals surface area (Å²) in [6.07, 6.45) is 1.96. The van der Waals surface area contributed by atoms with E-state index in [1.54, 1.807) is 30.9 Å². The lowest BCUT2D eigenvalue weighted by atomic mass is 9.90. The fourth-order valence-electron chi connectivity index (χ4n) is 4.09. The third-order valence-corrected chi connectivity index (χ3v) is 7.48. The Kier molecular flexibility index (Phi) is 8.82. The molecular weight excluding hydrogens is 494 g/mol. The van der Waals surface area contributed by atoms with Crippen LogP contribution < -0.4 is 4.74 Å². The van der Waals surface area contributed by atoms with E-state index in [9.17, 15) is 20.4 Å². The first-order chi connectivity index (χ1) is 16.9. The Morgan fingerprint density at radius 2 is 1.97 bits per heavy atom. The fourth-order valence-corrected chi connectivity index (χ4v) is 5.23. The molecule has 0 radical (unpaired) electrons. The standard InChI is InChI=1S/C25H30ClNO7S/c1-2-3-4-6-33-18-10-17(26)15(9-21-27-11-20(35-21)14-5-7-32-13-14)8-16(18)25-24(31)23(30)22(29)19(12-28)34-25/h5,7-8,10-11,13,19,22-25,28-31H,2-4,6,9,12H2,1H3/t19-,22-,23+,24-,25+/m1/s1. The summed E-state index contributed by atoms with van der Waals surface area (Å²) in [5, 5.41) is 42.2. The van der Waals surface area contributed by atoms with E-state index < -0.39 is 37.1 Å². The van der Waals surface area contributed by atoms with E-state index in [1.807, 2.05) is 6.07 Å². The molecule has 1 aliphatic rings. The molecule has 5 atom stereocenters. The molecule has 3 heterocycles. The van der Waals surface area contributed by atoms with Gasteiger partial charge >= 0.3 is 0 Å². The molecule has 1 saturated heterocycles. The first-order valence-corrected chi connectivity index (χ1v) is 12.8. The molecule has 0 amide bonds. The predicted molar refractivity (Wildman–Crippen MR) is 132 cm³/mol. The molecule has 0 saturated carbocycles. The number of nitrogens with zero attached hydrogens (tertiary/aromatic N) is 1. The van der Waals surface area contributed by atoms with Gasteiger partial charge in [-0.1, -0.05) is 31.4 Å². The fraction of sp³-hybridized carbons (Fsp3) is 0.480. The Labute approximate surface area is 212 Å². The second kappa shape index (κ2) is 11.8. The number of ether oxygens (including phenoxy) is 2. The Morgan fingerprint density at radius 1 is 1.14 bits per heavy atom. The van der Waals surface area contributed by atoms with Crippen molar-refractivity contribution in [2.24, 2.45) is 0 Å². The summed E-state index contributed by atoms with van der Waals surface area (Å²) < 4.78 is 17.0. The zero-order valence-corrected chi connectivity index (χ0v) is 20.9. The van der Waals surface area contributed by atoms with Gasteiger partial charge in [0.25, 0.3) is 0 Å². The molecule has 190 valence electrons. The van der Waals surface area contributed by atoms with Gasteiger partial charge in [-0.05, 0) is 30.2 Å². The zero-order chi connectivity index (χ0) is 24.9. The maximum absolute atomic E-state index is 10.7. The number of benzene rings is 1. The molecule has 4 rings (SSSR count). The van der Waals surface area contributed by atoms with Gasteiger partial charge in [0.15, 0.2) is 0 Å². The van der Waals surface area contributed by atoms with E-state index in [0.29, 0.717) is 29.4 Å². The number of halogens is 1. The Bertz CT molecular complexity index is 1090. The first kappa shape index (κ1) is 26.1. The lowest BCUT2D eigenvalue weighted by molar-refractivity contribution is -0.232. The van der Waals surface area contributed by atoms with Crippen molar-refractivity contribution in [3.8, 4) is 16.2 Å². The van der Waals surface area contributed by atoms with Crippen LogP contribution in [0.1, 0.15) is 48.4 Å². The van der Waals surface area contributed by atoms with Gasteiger partial charge < -0.3 is 34.3 Å². The van der Waals surface area contributed by atoms with Crippen LogP contribution in [-0.4, -0.2) is 63.0 Å². The smallest absolute Gasteiger partial charge is 0.126 e. The van der Waals surface area contributed by atoms with Crippen molar-refractivity contribution < 1.29 is 34.3 Å². The first-order valence-electron chi connectivity index (χ1n) is 11.7. The quantitative estimate of drug-likeness (QED) is 0.296. The van der Waals surface area contributed by atoms with Crippen LogP contribution in [0.5, 0.6) is 5.75 Å². The predicted octanol–water partition coefficient (Wildman–Crippen LogP) is 3.73. The Hall–Kier alpha value is -1.98. The molecule has 3 aromatic rings. The third kappa shape index (κ3) is 5.89. The van der Waals surface area contributed by atoms with Crippen LogP contribution in [0, 0.1) is 0 Å². The van der Waals surface area contributed by atoms with Crippen molar-refractivity contribution in [3.63, 3.8) is 0 Å². The summed E-state index contributed by atoms with van der Waals surface area (Å²) in [5.74, 6) is 0.428. The minimum Gasteiger partial charge on any atom is -0.493 e. The highest BCUT2D eigenvalue weighted by Crippen LogP contribution is 2.40. The lowest BCUT2D eigenvalue weighted by Crippen LogP contribution is -2.55. The van der Waals surface area contributed by atoms with Crippen molar-refractivity contribution in [2.45, 2.75) is 63.1 Å². The maximum Gasteiger partial charge on any atom is 0.126 e. The normalized spacial score (nSPS) is 24.6. The van der Waals surface area contributed by atoms with Crippen LogP contribution in [-0.2, 0) is 11.2 Å². The van der Waals surface area contributed by atoms with Crippen LogP contribution in [0.4, 0.5) is 0 Å². The number of hydrogen-bond donors (Lipinski definition) is 4. The second-order valence-corrected chi connectivity index (χ2v) is 10.1. The molecule has 8 nitrogen and oxygen atoms in total. The van der Waals surface area contributed by atoms with Gasteiger partial charge in [0.1, 0.15) is 36.3 Å². The van der Waals surface area contributed by atoms with Gasteiger partial charge in [-0.2, -0.15) is 0 Å². The molecule has 0 spiro atoms. The number of unbranched alkanes of at least 4 members (excludes halogenated alkanes) is 2. The minimum absolute atomic E-state index is 0.428. The van der Waals surface area contributed by atoms with Crippen molar-refractivity contribution in [3.05, 3.63) is 58.1 Å². The van der Waals surface area contributed by atoms with Crippen molar-refractivity contribution >= 4 is 22.9 Å². The van der Waals surface area contributed by atoms with Crippen LogP contribution in [0.15, 0.2) is 41.3 Å². The van der Waals surface area contributed by atoms with Gasteiger partial charge in [0, 0.05) is 28.8 Å². The van der Waals surface area contributed by atoms with Crippen LogP contribution in [0.3, 0.4) is 0 Å². The summed E-state index contributed by atoms with van der Waals surface area (Å²) in [7, 11) is 0. The summed E-state index contributed by atoms with van der Waals surface area (Å²) >= 11 is 8.15. The molecule has 4 N–H and O–H groups in total. The molecule has 0 bridgehead atoms. The maximum atomic E-state index is 10.7. The topological polar surface area (TPSA) is 125 Å². The summed E-state index contributed by atoms with van der Waals surface area (Å²) in [4.78, 5) is 5.47. The number of aromatic nitrogens is 1. The number of furan rings is 1. The molecule has 1 fully saturated rings. The van der Waals surface area contributed by atoms with E-state index >= 15 is 0 Å². The minimum atomic E-state index is -1.49. The van der Waals surface area contributed by atoms with Gasteiger partial charge in [0.05, 0.1) is 35.6 Å². The molecule has 2 aromatic heterocycles.